The van der Waals surface area contributed by atoms with E-state index >= 15 is 0 Å². The largest absolute Gasteiger partial charge is 0.493 e. The third-order valence-corrected chi connectivity index (χ3v) is 4.37. The first-order valence-corrected chi connectivity index (χ1v) is 8.97. The number of ether oxygens (including phenoxy) is 3. The summed E-state index contributed by atoms with van der Waals surface area (Å²) in [6, 6.07) is 8.25. The average Bonchev–Trinajstić information content (AvgIpc) is 3.18. The van der Waals surface area contributed by atoms with Gasteiger partial charge in [0.2, 0.25) is 0 Å². The van der Waals surface area contributed by atoms with Crippen LogP contribution in [0.5, 0.6) is 11.5 Å². The molecule has 0 spiro atoms. The van der Waals surface area contributed by atoms with Gasteiger partial charge in [-0.2, -0.15) is 5.26 Å². The van der Waals surface area contributed by atoms with Gasteiger partial charge in [0.05, 0.1) is 12.8 Å². The minimum absolute atomic E-state index is 0.0905. The summed E-state index contributed by atoms with van der Waals surface area (Å²) in [5.41, 5.74) is 0.850. The Bertz CT molecular complexity index is 1130. The van der Waals surface area contributed by atoms with Crippen LogP contribution in [0.2, 0.25) is 0 Å². The molecule has 2 aromatic heterocycles. The fourth-order valence-corrected chi connectivity index (χ4v) is 3.07. The fourth-order valence-electron chi connectivity index (χ4n) is 2.34. The molecule has 0 atom stereocenters. The van der Waals surface area contributed by atoms with Crippen LogP contribution in [0.15, 0.2) is 46.7 Å². The van der Waals surface area contributed by atoms with Crippen molar-refractivity contribution in [3.05, 3.63) is 63.5 Å². The zero-order valence-electron chi connectivity index (χ0n) is 14.8. The summed E-state index contributed by atoms with van der Waals surface area (Å²) in [5, 5.41) is 10.3. The number of aromatic nitrogens is 2. The van der Waals surface area contributed by atoms with Gasteiger partial charge in [0.1, 0.15) is 12.7 Å². The van der Waals surface area contributed by atoms with Crippen molar-refractivity contribution in [1.82, 2.24) is 9.38 Å². The first-order chi connectivity index (χ1) is 13.6. The maximum Gasteiger partial charge on any atom is 0.331 e. The van der Waals surface area contributed by atoms with Gasteiger partial charge in [0.25, 0.3) is 5.56 Å². The minimum Gasteiger partial charge on any atom is -0.493 e. The Morgan fingerprint density at radius 3 is 3.00 bits per heavy atom. The highest BCUT2D eigenvalue weighted by Gasteiger charge is 2.07. The predicted molar refractivity (Wildman–Crippen MR) is 102 cm³/mol. The second-order valence-electron chi connectivity index (χ2n) is 5.44. The number of nitrogens with zero attached hydrogens (tertiary/aromatic N) is 3. The van der Waals surface area contributed by atoms with E-state index in [-0.39, 0.29) is 18.8 Å². The molecule has 2 heterocycles. The molecule has 3 aromatic rings. The number of carbonyl (C=O) groups excluding carboxylic acids is 1. The summed E-state index contributed by atoms with van der Waals surface area (Å²) in [5.74, 6) is 0.307. The maximum absolute atomic E-state index is 11.9. The van der Waals surface area contributed by atoms with Crippen LogP contribution in [0.25, 0.3) is 11.0 Å². The van der Waals surface area contributed by atoms with Gasteiger partial charge < -0.3 is 14.2 Å². The third kappa shape index (κ3) is 4.55. The summed E-state index contributed by atoms with van der Waals surface area (Å²) >= 11 is 1.32. The van der Waals surface area contributed by atoms with Crippen LogP contribution in [0, 0.1) is 11.3 Å². The molecule has 0 unspecified atom stereocenters. The first-order valence-electron chi connectivity index (χ1n) is 8.09. The van der Waals surface area contributed by atoms with Crippen molar-refractivity contribution in [2.45, 2.75) is 6.61 Å². The minimum atomic E-state index is -0.572. The third-order valence-electron chi connectivity index (χ3n) is 3.61. The van der Waals surface area contributed by atoms with E-state index in [1.807, 2.05) is 6.07 Å². The number of fused-ring (bicyclic) bond motifs is 1. The first kappa shape index (κ1) is 19.1. The topological polar surface area (TPSA) is 103 Å². The molecule has 0 bridgehead atoms. The Labute approximate surface area is 163 Å². The molecule has 0 fully saturated rings. The van der Waals surface area contributed by atoms with E-state index in [9.17, 15) is 9.59 Å². The van der Waals surface area contributed by atoms with Crippen molar-refractivity contribution in [3.63, 3.8) is 0 Å². The normalized spacial score (nSPS) is 10.7. The molecule has 0 aliphatic rings. The summed E-state index contributed by atoms with van der Waals surface area (Å²) < 4.78 is 17.0. The van der Waals surface area contributed by atoms with Gasteiger partial charge in [-0.05, 0) is 23.8 Å². The molecule has 0 saturated heterocycles. The lowest BCUT2D eigenvalue weighted by Gasteiger charge is -2.08. The molecule has 0 saturated carbocycles. The molecule has 0 radical (unpaired) electrons. The van der Waals surface area contributed by atoms with Crippen molar-refractivity contribution in [2.24, 2.45) is 0 Å². The van der Waals surface area contributed by atoms with E-state index in [0.29, 0.717) is 27.7 Å². The number of carbonyl (C=O) groups is 1. The molecular formula is C19H15N3O5S. The Morgan fingerprint density at radius 2 is 2.21 bits per heavy atom. The second kappa shape index (κ2) is 8.83. The van der Waals surface area contributed by atoms with Crippen LogP contribution < -0.4 is 15.0 Å². The molecule has 0 aliphatic carbocycles. The van der Waals surface area contributed by atoms with Gasteiger partial charge in [-0.1, -0.05) is 6.07 Å². The van der Waals surface area contributed by atoms with Crippen LogP contribution in [-0.2, 0) is 16.1 Å². The number of hydrogen-bond donors (Lipinski definition) is 0. The molecular weight excluding hydrogens is 382 g/mol. The Kier molecular flexibility index (Phi) is 6.04. The fraction of sp³-hybridized carbons (Fsp3) is 0.158. The van der Waals surface area contributed by atoms with E-state index < -0.39 is 5.97 Å². The predicted octanol–water partition coefficient (Wildman–Crippen LogP) is 2.42. The van der Waals surface area contributed by atoms with Gasteiger partial charge >= 0.3 is 5.97 Å². The molecule has 9 heteroatoms. The van der Waals surface area contributed by atoms with E-state index in [2.05, 4.69) is 4.98 Å². The monoisotopic (exact) mass is 397 g/mol. The molecule has 0 N–H and O–H groups in total. The van der Waals surface area contributed by atoms with Crippen LogP contribution in [0.3, 0.4) is 0 Å². The Balaban J connectivity index is 1.63. The molecule has 0 amide bonds. The van der Waals surface area contributed by atoms with E-state index in [4.69, 9.17) is 19.5 Å². The zero-order valence-corrected chi connectivity index (χ0v) is 15.6. The van der Waals surface area contributed by atoms with Crippen molar-refractivity contribution in [2.75, 3.05) is 13.7 Å². The van der Waals surface area contributed by atoms with Crippen LogP contribution in [0.1, 0.15) is 11.3 Å². The highest BCUT2D eigenvalue weighted by atomic mass is 32.1. The maximum atomic E-state index is 11.9. The molecule has 142 valence electrons. The highest BCUT2D eigenvalue weighted by Crippen LogP contribution is 2.28. The Morgan fingerprint density at radius 1 is 1.36 bits per heavy atom. The highest BCUT2D eigenvalue weighted by molar-refractivity contribution is 7.15. The zero-order chi connectivity index (χ0) is 19.9. The van der Waals surface area contributed by atoms with Crippen LogP contribution in [-0.4, -0.2) is 29.1 Å². The van der Waals surface area contributed by atoms with E-state index in [1.54, 1.807) is 35.9 Å². The van der Waals surface area contributed by atoms with Crippen LogP contribution >= 0.6 is 11.3 Å². The number of benzene rings is 1. The molecule has 1 aromatic carbocycles. The van der Waals surface area contributed by atoms with Crippen LogP contribution in [0.4, 0.5) is 0 Å². The number of rotatable bonds is 7. The van der Waals surface area contributed by atoms with E-state index in [1.165, 1.54) is 35.0 Å². The van der Waals surface area contributed by atoms with Gasteiger partial charge in [0.15, 0.2) is 23.1 Å². The number of hydrogen-bond acceptors (Lipinski definition) is 8. The lowest BCUT2D eigenvalue weighted by Crippen LogP contribution is -2.14. The Hall–Kier alpha value is -3.64. The summed E-state index contributed by atoms with van der Waals surface area (Å²) in [7, 11) is 1.48. The standard InChI is InChI=1S/C19H15N3O5S/c1-25-16-10-13(2-4-15(16)26-8-6-20)3-5-18(24)27-12-14-11-17(23)22-7-9-28-19(22)21-14/h2-5,7,9-11H,8,12H2,1H3. The van der Waals surface area contributed by atoms with Crippen molar-refractivity contribution in [3.8, 4) is 17.6 Å². The summed E-state index contributed by atoms with van der Waals surface area (Å²) in [4.78, 5) is 28.7. The SMILES string of the molecule is COc1cc(C=CC(=O)OCc2cc(=O)n3ccsc3n2)ccc1OCC#N. The lowest BCUT2D eigenvalue weighted by molar-refractivity contribution is -0.139. The van der Waals surface area contributed by atoms with E-state index in [0.717, 1.165) is 0 Å². The smallest absolute Gasteiger partial charge is 0.331 e. The lowest BCUT2D eigenvalue weighted by atomic mass is 10.2. The number of nitriles is 1. The molecule has 28 heavy (non-hydrogen) atoms. The quantitative estimate of drug-likeness (QED) is 0.445. The molecule has 3 rings (SSSR count). The number of methoxy groups -OCH3 is 1. The van der Waals surface area contributed by atoms with Crippen molar-refractivity contribution < 1.29 is 19.0 Å². The number of thiazole rings is 1. The van der Waals surface area contributed by atoms with Gasteiger partial charge in [-0.3, -0.25) is 9.20 Å². The van der Waals surface area contributed by atoms with Gasteiger partial charge in [-0.15, -0.1) is 11.3 Å². The molecule has 8 nitrogen and oxygen atoms in total. The van der Waals surface area contributed by atoms with Gasteiger partial charge in [0, 0.05) is 23.7 Å². The molecule has 0 aliphatic heterocycles. The van der Waals surface area contributed by atoms with Gasteiger partial charge in [-0.25, -0.2) is 9.78 Å². The van der Waals surface area contributed by atoms with Crippen molar-refractivity contribution in [1.29, 1.82) is 5.26 Å². The van der Waals surface area contributed by atoms with Crippen molar-refractivity contribution >= 4 is 28.3 Å². The summed E-state index contributed by atoms with van der Waals surface area (Å²) in [6.07, 6.45) is 4.46. The average molecular weight is 397 g/mol. The second-order valence-corrected chi connectivity index (χ2v) is 6.31. The number of esters is 1. The summed E-state index contributed by atoms with van der Waals surface area (Å²) in [6.45, 7) is -0.191.